The average Bonchev–Trinajstić information content (AvgIpc) is 3.21. The summed E-state index contributed by atoms with van der Waals surface area (Å²) in [6.07, 6.45) is -4.33. The van der Waals surface area contributed by atoms with Crippen LogP contribution in [0.25, 0.3) is 10.4 Å². The van der Waals surface area contributed by atoms with Gasteiger partial charge in [-0.1, -0.05) is 42.5 Å². The summed E-state index contributed by atoms with van der Waals surface area (Å²) >= 11 is 0.859. The lowest BCUT2D eigenvalue weighted by atomic mass is 10.1. The van der Waals surface area contributed by atoms with Gasteiger partial charge in [0.15, 0.2) is 0 Å². The highest BCUT2D eigenvalue weighted by atomic mass is 32.2. The monoisotopic (exact) mass is 467 g/mol. The minimum Gasteiger partial charge on any atom is -0.480 e. The summed E-state index contributed by atoms with van der Waals surface area (Å²) in [6.45, 7) is 0. The van der Waals surface area contributed by atoms with Crippen LogP contribution in [0.3, 0.4) is 0 Å². The highest BCUT2D eigenvalue weighted by molar-refractivity contribution is 7.91. The molecule has 1 fully saturated rings. The lowest BCUT2D eigenvalue weighted by Crippen LogP contribution is -2.44. The largest absolute Gasteiger partial charge is 0.480 e. The van der Waals surface area contributed by atoms with Gasteiger partial charge in [-0.15, -0.1) is 11.3 Å². The molecular weight excluding hydrogens is 451 g/mol. The fourth-order valence-electron chi connectivity index (χ4n) is 3.48. The van der Waals surface area contributed by atoms with E-state index < -0.39 is 39.2 Å². The molecule has 2 aromatic carbocycles. The number of carboxylic acid groups (broad SMARTS) is 1. The molecule has 2 atom stereocenters. The SMILES string of the molecule is O=C(O)[C@@]1(NS(=O)(=O)c2ccc(-c3ccc(C(F)(F)F)cc3)s2)C[C@H]1c1ccccc1. The number of benzene rings is 2. The van der Waals surface area contributed by atoms with Crippen LogP contribution in [0.15, 0.2) is 70.9 Å². The summed E-state index contributed by atoms with van der Waals surface area (Å²) in [5.74, 6) is -1.75. The van der Waals surface area contributed by atoms with Gasteiger partial charge in [-0.05, 0) is 41.8 Å². The first-order chi connectivity index (χ1) is 14.5. The van der Waals surface area contributed by atoms with Crippen molar-refractivity contribution in [2.24, 2.45) is 0 Å². The van der Waals surface area contributed by atoms with Gasteiger partial charge in [0.25, 0.3) is 10.0 Å². The molecule has 162 valence electrons. The van der Waals surface area contributed by atoms with Crippen LogP contribution in [-0.4, -0.2) is 25.0 Å². The molecule has 1 aromatic heterocycles. The van der Waals surface area contributed by atoms with E-state index in [2.05, 4.69) is 4.72 Å². The van der Waals surface area contributed by atoms with E-state index in [9.17, 15) is 31.5 Å². The Labute approximate surface area is 180 Å². The highest BCUT2D eigenvalue weighted by Crippen LogP contribution is 2.52. The zero-order valence-corrected chi connectivity index (χ0v) is 17.4. The molecule has 4 rings (SSSR count). The molecule has 0 saturated heterocycles. The van der Waals surface area contributed by atoms with Gasteiger partial charge in [-0.3, -0.25) is 4.79 Å². The molecule has 0 amide bonds. The number of hydrogen-bond acceptors (Lipinski definition) is 4. The number of rotatable bonds is 6. The molecule has 1 saturated carbocycles. The summed E-state index contributed by atoms with van der Waals surface area (Å²) in [7, 11) is -4.15. The first-order valence-electron chi connectivity index (χ1n) is 9.13. The van der Waals surface area contributed by atoms with Crippen LogP contribution in [0, 0.1) is 0 Å². The predicted octanol–water partition coefficient (Wildman–Crippen LogP) is 4.72. The number of aliphatic carboxylic acids is 1. The summed E-state index contributed by atoms with van der Waals surface area (Å²) in [6, 6.07) is 16.0. The van der Waals surface area contributed by atoms with Crippen molar-refractivity contribution in [2.45, 2.75) is 28.3 Å². The number of alkyl halides is 3. The molecule has 1 aliphatic rings. The minimum absolute atomic E-state index is 0.110. The second-order valence-electron chi connectivity index (χ2n) is 7.24. The maximum absolute atomic E-state index is 12.9. The first-order valence-corrected chi connectivity index (χ1v) is 11.4. The van der Waals surface area contributed by atoms with Crippen LogP contribution in [0.5, 0.6) is 0 Å². The number of carboxylic acids is 1. The molecule has 5 nitrogen and oxygen atoms in total. The molecule has 0 radical (unpaired) electrons. The smallest absolute Gasteiger partial charge is 0.416 e. The number of carbonyl (C=O) groups is 1. The maximum Gasteiger partial charge on any atom is 0.416 e. The lowest BCUT2D eigenvalue weighted by Gasteiger charge is -2.14. The topological polar surface area (TPSA) is 83.5 Å². The van der Waals surface area contributed by atoms with Crippen molar-refractivity contribution in [2.75, 3.05) is 0 Å². The molecule has 3 aromatic rings. The van der Waals surface area contributed by atoms with Gasteiger partial charge in [0.1, 0.15) is 9.75 Å². The number of hydrogen-bond donors (Lipinski definition) is 2. The molecule has 0 unspecified atom stereocenters. The van der Waals surface area contributed by atoms with Crippen molar-refractivity contribution < 1.29 is 31.5 Å². The normalized spacial score (nSPS) is 21.1. The Hall–Kier alpha value is -2.69. The highest BCUT2D eigenvalue weighted by Gasteiger charge is 2.63. The summed E-state index contributed by atoms with van der Waals surface area (Å²) in [4.78, 5) is 12.4. The third kappa shape index (κ3) is 4.10. The van der Waals surface area contributed by atoms with Crippen molar-refractivity contribution in [1.29, 1.82) is 0 Å². The fraction of sp³-hybridized carbons (Fsp3) is 0.190. The van der Waals surface area contributed by atoms with Crippen molar-refractivity contribution in [3.8, 4) is 10.4 Å². The van der Waals surface area contributed by atoms with E-state index in [1.165, 1.54) is 24.3 Å². The van der Waals surface area contributed by atoms with E-state index in [0.29, 0.717) is 10.4 Å². The Morgan fingerprint density at radius 1 is 1.03 bits per heavy atom. The predicted molar refractivity (Wildman–Crippen MR) is 109 cm³/mol. The van der Waals surface area contributed by atoms with E-state index in [0.717, 1.165) is 29.0 Å². The van der Waals surface area contributed by atoms with Gasteiger partial charge in [0.05, 0.1) is 5.56 Å². The summed E-state index contributed by atoms with van der Waals surface area (Å²) < 4.78 is 66.2. The molecule has 31 heavy (non-hydrogen) atoms. The second-order valence-corrected chi connectivity index (χ2v) is 10.2. The number of sulfonamides is 1. The molecule has 0 bridgehead atoms. The number of thiophene rings is 1. The third-order valence-electron chi connectivity index (χ3n) is 5.20. The van der Waals surface area contributed by atoms with Crippen molar-refractivity contribution in [1.82, 2.24) is 4.72 Å². The van der Waals surface area contributed by atoms with E-state index >= 15 is 0 Å². The third-order valence-corrected chi connectivity index (χ3v) is 8.34. The molecule has 10 heteroatoms. The second kappa shape index (κ2) is 7.47. The van der Waals surface area contributed by atoms with Gasteiger partial charge in [0.2, 0.25) is 0 Å². The van der Waals surface area contributed by atoms with Gasteiger partial charge < -0.3 is 5.11 Å². The van der Waals surface area contributed by atoms with Crippen LogP contribution in [0.1, 0.15) is 23.5 Å². The van der Waals surface area contributed by atoms with E-state index in [1.807, 2.05) is 0 Å². The lowest BCUT2D eigenvalue weighted by molar-refractivity contribution is -0.140. The van der Waals surface area contributed by atoms with Crippen LogP contribution in [-0.2, 0) is 21.0 Å². The first kappa shape index (κ1) is 21.5. The van der Waals surface area contributed by atoms with E-state index in [1.54, 1.807) is 30.3 Å². The zero-order chi connectivity index (χ0) is 22.4. The standard InChI is InChI=1S/C21H16F3NO4S2/c22-21(23,24)15-8-6-14(7-9-15)17-10-11-18(30-17)31(28,29)25-20(19(26)27)12-16(20)13-4-2-1-3-5-13/h1-11,16,25H,12H2,(H,26,27)/t16-,20+/m0/s1. The molecule has 1 heterocycles. The van der Waals surface area contributed by atoms with E-state index in [4.69, 9.17) is 0 Å². The molecular formula is C21H16F3NO4S2. The van der Waals surface area contributed by atoms with Gasteiger partial charge in [-0.25, -0.2) is 8.42 Å². The Morgan fingerprint density at radius 2 is 1.68 bits per heavy atom. The van der Waals surface area contributed by atoms with Crippen LogP contribution >= 0.6 is 11.3 Å². The zero-order valence-electron chi connectivity index (χ0n) is 15.8. The van der Waals surface area contributed by atoms with Crippen LogP contribution in [0.2, 0.25) is 0 Å². The Balaban J connectivity index is 1.57. The van der Waals surface area contributed by atoms with Crippen LogP contribution < -0.4 is 4.72 Å². The van der Waals surface area contributed by atoms with Crippen LogP contribution in [0.4, 0.5) is 13.2 Å². The number of nitrogens with one attached hydrogen (secondary N) is 1. The van der Waals surface area contributed by atoms with E-state index in [-0.39, 0.29) is 10.6 Å². The average molecular weight is 467 g/mol. The summed E-state index contributed by atoms with van der Waals surface area (Å²) in [5, 5.41) is 9.71. The van der Waals surface area contributed by atoms with Gasteiger partial charge in [-0.2, -0.15) is 17.9 Å². The quantitative estimate of drug-likeness (QED) is 0.549. The van der Waals surface area contributed by atoms with Gasteiger partial charge in [0, 0.05) is 10.8 Å². The number of halogens is 3. The molecule has 0 aliphatic heterocycles. The fourth-order valence-corrected chi connectivity index (χ4v) is 6.19. The van der Waals surface area contributed by atoms with Crippen molar-refractivity contribution >= 4 is 27.3 Å². The maximum atomic E-state index is 12.9. The molecule has 2 N–H and O–H groups in total. The Morgan fingerprint density at radius 3 is 2.26 bits per heavy atom. The molecule has 0 spiro atoms. The summed E-state index contributed by atoms with van der Waals surface area (Å²) in [5.41, 5.74) is -1.27. The minimum atomic E-state index is -4.46. The molecule has 1 aliphatic carbocycles. The van der Waals surface area contributed by atoms with Gasteiger partial charge >= 0.3 is 12.1 Å². The Kier molecular flexibility index (Phi) is 5.19. The van der Waals surface area contributed by atoms with Crippen molar-refractivity contribution in [3.05, 3.63) is 77.9 Å². The van der Waals surface area contributed by atoms with Crippen molar-refractivity contribution in [3.63, 3.8) is 0 Å². The Bertz CT molecular complexity index is 1220.